The average Bonchev–Trinajstić information content (AvgIpc) is 2.91. The van der Waals surface area contributed by atoms with Crippen LogP contribution >= 0.6 is 15.9 Å². The molecule has 1 amide bonds. The van der Waals surface area contributed by atoms with Crippen LogP contribution in [0.15, 0.2) is 53.0 Å². The molecular weight excluding hydrogens is 622 g/mol. The van der Waals surface area contributed by atoms with Gasteiger partial charge in [-0.2, -0.15) is 8.78 Å². The van der Waals surface area contributed by atoms with Gasteiger partial charge in [0.2, 0.25) is 0 Å². The zero-order valence-electron chi connectivity index (χ0n) is 22.4. The maximum atomic E-state index is 14.3. The largest absolute Gasteiger partial charge is 0.481 e. The highest BCUT2D eigenvalue weighted by Gasteiger charge is 2.54. The van der Waals surface area contributed by atoms with Crippen molar-refractivity contribution < 1.29 is 37.0 Å². The summed E-state index contributed by atoms with van der Waals surface area (Å²) in [6, 6.07) is 11.3. The van der Waals surface area contributed by atoms with Crippen LogP contribution in [-0.2, 0) is 4.79 Å². The average molecular weight is 648 g/mol. The predicted molar refractivity (Wildman–Crippen MR) is 151 cm³/mol. The number of pyridine rings is 1. The lowest BCUT2D eigenvalue weighted by molar-refractivity contribution is -0.148. The molecule has 3 aromatic rings. The van der Waals surface area contributed by atoms with Gasteiger partial charge in [-0.05, 0) is 62.4 Å². The van der Waals surface area contributed by atoms with Crippen molar-refractivity contribution in [1.82, 2.24) is 10.3 Å². The Morgan fingerprint density at radius 3 is 2.43 bits per heavy atom. The van der Waals surface area contributed by atoms with Crippen molar-refractivity contribution in [1.29, 1.82) is 0 Å². The van der Waals surface area contributed by atoms with Crippen molar-refractivity contribution in [3.63, 3.8) is 0 Å². The first-order valence-corrected chi connectivity index (χ1v) is 14.2. The van der Waals surface area contributed by atoms with Gasteiger partial charge in [0.1, 0.15) is 11.6 Å². The molecule has 2 bridgehead atoms. The minimum Gasteiger partial charge on any atom is -0.481 e. The highest BCUT2D eigenvalue weighted by molar-refractivity contribution is 9.10. The van der Waals surface area contributed by atoms with E-state index in [1.54, 1.807) is 43.3 Å². The third kappa shape index (κ3) is 4.69. The van der Waals surface area contributed by atoms with Gasteiger partial charge in [0.05, 0.1) is 35.1 Å². The SMILES string of the molecule is Cc1c(N2CC(F)(F)C2)nc2ccc(Br)cc2c1C(=O)NC12CCC(C(=O)O)(C=C1c1ccccc1OC(F)F)CC2. The van der Waals surface area contributed by atoms with Crippen LogP contribution in [0.4, 0.5) is 23.4 Å². The number of hydrogen-bond acceptors (Lipinski definition) is 5. The standard InChI is InChI=1S/C30H26BrF4N3O4/c1-16-23(19-12-17(31)6-7-21(19)36-24(16)38-14-30(34,35)15-38)25(39)37-29-10-8-28(9-11-29,26(40)41)13-20(29)18-4-2-3-5-22(18)42-27(32)33/h2-7,12-13,27H,8-11,14-15H2,1H3,(H,37,39)(H,40,41). The van der Waals surface area contributed by atoms with Crippen LogP contribution in [0.3, 0.4) is 0 Å². The van der Waals surface area contributed by atoms with Crippen LogP contribution < -0.4 is 15.0 Å². The van der Waals surface area contributed by atoms with Crippen LogP contribution in [0.1, 0.15) is 47.2 Å². The second kappa shape index (κ2) is 9.96. The summed E-state index contributed by atoms with van der Waals surface area (Å²) in [7, 11) is 0. The number of fused-ring (bicyclic) bond motifs is 3. The van der Waals surface area contributed by atoms with Crippen LogP contribution in [0, 0.1) is 12.3 Å². The van der Waals surface area contributed by atoms with Crippen molar-refractivity contribution in [3.8, 4) is 5.75 Å². The van der Waals surface area contributed by atoms with E-state index in [0.717, 1.165) is 0 Å². The molecule has 1 saturated carbocycles. The topological polar surface area (TPSA) is 91.8 Å². The van der Waals surface area contributed by atoms with E-state index in [9.17, 15) is 32.3 Å². The smallest absolute Gasteiger partial charge is 0.387 e. The first-order valence-electron chi connectivity index (χ1n) is 13.4. The van der Waals surface area contributed by atoms with Gasteiger partial charge in [0.15, 0.2) is 0 Å². The second-order valence-corrected chi connectivity index (χ2v) is 12.2. The fourth-order valence-corrected chi connectivity index (χ4v) is 6.86. The summed E-state index contributed by atoms with van der Waals surface area (Å²) in [5.41, 5.74) is -0.521. The Hall–Kier alpha value is -3.67. The number of ether oxygens (including phenoxy) is 1. The number of para-hydroxylation sites is 1. The monoisotopic (exact) mass is 647 g/mol. The number of carboxylic acids is 1. The number of aromatic nitrogens is 1. The molecule has 12 heteroatoms. The van der Waals surface area contributed by atoms with Crippen molar-refractivity contribution >= 4 is 50.1 Å². The second-order valence-electron chi connectivity index (χ2n) is 11.2. The van der Waals surface area contributed by atoms with E-state index in [-0.39, 0.29) is 48.4 Å². The molecule has 4 aliphatic rings. The number of alkyl halides is 4. The Bertz CT molecular complexity index is 1640. The minimum absolute atomic E-state index is 0.129. The first-order chi connectivity index (χ1) is 19.8. The van der Waals surface area contributed by atoms with Crippen LogP contribution in [0.25, 0.3) is 16.5 Å². The Labute approximate surface area is 246 Å². The molecule has 42 heavy (non-hydrogen) atoms. The van der Waals surface area contributed by atoms with E-state index in [1.165, 1.54) is 17.0 Å². The fraction of sp³-hybridized carbons (Fsp3) is 0.367. The molecule has 3 aliphatic carbocycles. The molecule has 220 valence electrons. The van der Waals surface area contributed by atoms with Gasteiger partial charge < -0.3 is 20.1 Å². The highest BCUT2D eigenvalue weighted by atomic mass is 79.9. The Balaban J connectivity index is 1.47. The molecule has 0 spiro atoms. The fourth-order valence-electron chi connectivity index (χ4n) is 6.50. The number of nitrogens with zero attached hydrogens (tertiary/aromatic N) is 2. The van der Waals surface area contributed by atoms with Crippen LogP contribution in [0.2, 0.25) is 0 Å². The number of halogens is 5. The number of carbonyl (C=O) groups excluding carboxylic acids is 1. The number of anilines is 1. The van der Waals surface area contributed by atoms with Gasteiger partial charge >= 0.3 is 12.6 Å². The number of nitrogens with one attached hydrogen (secondary N) is 1. The maximum absolute atomic E-state index is 14.3. The van der Waals surface area contributed by atoms with Gasteiger partial charge in [-0.15, -0.1) is 0 Å². The summed E-state index contributed by atoms with van der Waals surface area (Å²) in [5.74, 6) is -4.23. The molecule has 7 rings (SSSR count). The third-order valence-corrected chi connectivity index (χ3v) is 9.13. The molecule has 2 N–H and O–H groups in total. The number of hydrogen-bond donors (Lipinski definition) is 2. The van der Waals surface area contributed by atoms with Crippen molar-refractivity contribution in [2.75, 3.05) is 18.0 Å². The molecule has 0 radical (unpaired) electrons. The van der Waals surface area contributed by atoms with Crippen LogP contribution in [0.5, 0.6) is 5.75 Å². The van der Waals surface area contributed by atoms with E-state index in [4.69, 9.17) is 4.74 Å². The zero-order chi connectivity index (χ0) is 30.0. The Morgan fingerprint density at radius 2 is 1.79 bits per heavy atom. The lowest BCUT2D eigenvalue weighted by atomic mass is 9.57. The zero-order valence-corrected chi connectivity index (χ0v) is 24.0. The first kappa shape index (κ1) is 28.4. The number of carboxylic acid groups (broad SMARTS) is 1. The van der Waals surface area contributed by atoms with Gasteiger partial charge in [-0.3, -0.25) is 9.59 Å². The summed E-state index contributed by atoms with van der Waals surface area (Å²) >= 11 is 3.43. The van der Waals surface area contributed by atoms with E-state index in [2.05, 4.69) is 26.2 Å². The lowest BCUT2D eigenvalue weighted by Crippen LogP contribution is -2.58. The number of rotatable bonds is 7. The molecule has 0 atom stereocenters. The Kier molecular flexibility index (Phi) is 6.75. The summed E-state index contributed by atoms with van der Waals surface area (Å²) in [4.78, 5) is 32.7. The molecule has 7 nitrogen and oxygen atoms in total. The molecule has 1 saturated heterocycles. The highest BCUT2D eigenvalue weighted by Crippen LogP contribution is 2.55. The Morgan fingerprint density at radius 1 is 1.10 bits per heavy atom. The minimum atomic E-state index is -3.11. The van der Waals surface area contributed by atoms with E-state index >= 15 is 0 Å². The van der Waals surface area contributed by atoms with Gasteiger partial charge in [0, 0.05) is 21.0 Å². The number of amides is 1. The van der Waals surface area contributed by atoms with E-state index in [1.807, 2.05) is 0 Å². The number of carbonyl (C=O) groups is 2. The number of aliphatic carboxylic acids is 1. The molecule has 1 aromatic heterocycles. The number of benzene rings is 2. The van der Waals surface area contributed by atoms with E-state index in [0.29, 0.717) is 26.5 Å². The van der Waals surface area contributed by atoms with Gasteiger partial charge in [-0.1, -0.05) is 40.2 Å². The molecule has 1 aliphatic heterocycles. The quantitative estimate of drug-likeness (QED) is 0.282. The van der Waals surface area contributed by atoms with Crippen molar-refractivity contribution in [2.45, 2.75) is 50.7 Å². The third-order valence-electron chi connectivity index (χ3n) is 8.64. The van der Waals surface area contributed by atoms with Gasteiger partial charge in [-0.25, -0.2) is 13.8 Å². The summed E-state index contributed by atoms with van der Waals surface area (Å²) in [6.45, 7) is -2.48. The lowest BCUT2D eigenvalue weighted by Gasteiger charge is -2.51. The molecular formula is C30H26BrF4N3O4. The molecule has 2 aromatic carbocycles. The van der Waals surface area contributed by atoms with Crippen molar-refractivity contribution in [3.05, 3.63) is 69.7 Å². The molecule has 2 heterocycles. The summed E-state index contributed by atoms with van der Waals surface area (Å²) < 4.78 is 59.7. The summed E-state index contributed by atoms with van der Waals surface area (Å²) in [5, 5.41) is 13.8. The van der Waals surface area contributed by atoms with Crippen molar-refractivity contribution in [2.24, 2.45) is 5.41 Å². The molecule has 0 unspecified atom stereocenters. The normalized spacial score (nSPS) is 24.4. The summed E-state index contributed by atoms with van der Waals surface area (Å²) in [6.07, 6.45) is 2.53. The predicted octanol–water partition coefficient (Wildman–Crippen LogP) is 6.57. The van der Waals surface area contributed by atoms with Gasteiger partial charge in [0.25, 0.3) is 11.8 Å². The molecule has 2 fully saturated rings. The maximum Gasteiger partial charge on any atom is 0.387 e. The van der Waals surface area contributed by atoms with Crippen LogP contribution in [-0.4, -0.2) is 53.1 Å². The van der Waals surface area contributed by atoms with E-state index < -0.39 is 48.5 Å².